The number of nitrogens with one attached hydrogen (secondary N) is 1. The lowest BCUT2D eigenvalue weighted by atomic mass is 9.71. The van der Waals surface area contributed by atoms with E-state index in [1.54, 1.807) is 0 Å². The molecule has 1 N–H and O–H groups in total. The molecule has 0 aromatic heterocycles. The fourth-order valence-corrected chi connectivity index (χ4v) is 3.96. The van der Waals surface area contributed by atoms with E-state index in [9.17, 15) is 0 Å². The molecule has 0 radical (unpaired) electrons. The van der Waals surface area contributed by atoms with Gasteiger partial charge in [0, 0.05) is 6.42 Å². The fraction of sp³-hybridized carbons (Fsp3) is 0.300. The minimum absolute atomic E-state index is 0.0147. The first-order valence-corrected chi connectivity index (χ1v) is 7.82. The van der Waals surface area contributed by atoms with Crippen LogP contribution in [0.15, 0.2) is 72.4 Å². The standard InChI is InChI=1S/C20H23N/c1-4-19-20(15-16(2)21(19)3,17-11-7-5-8-12-17)18-13-9-6-10-14-18/h4-14,16H,15H2,1-3H3/p+1/b19-4+/t16-/m0/s1. The zero-order chi connectivity index (χ0) is 14.9. The number of rotatable bonds is 2. The summed E-state index contributed by atoms with van der Waals surface area (Å²) in [4.78, 5) is 1.53. The molecule has 0 saturated carbocycles. The third kappa shape index (κ3) is 2.13. The molecule has 21 heavy (non-hydrogen) atoms. The van der Waals surface area contributed by atoms with Gasteiger partial charge in [0.1, 0.15) is 5.70 Å². The van der Waals surface area contributed by atoms with Gasteiger partial charge < -0.3 is 4.90 Å². The molecule has 1 heterocycles. The fourth-order valence-electron chi connectivity index (χ4n) is 3.96. The summed E-state index contributed by atoms with van der Waals surface area (Å²) in [7, 11) is 2.30. The van der Waals surface area contributed by atoms with Crippen molar-refractivity contribution in [1.82, 2.24) is 0 Å². The van der Waals surface area contributed by atoms with Crippen LogP contribution in [0.1, 0.15) is 31.4 Å². The summed E-state index contributed by atoms with van der Waals surface area (Å²) in [5.74, 6) is 0. The van der Waals surface area contributed by atoms with Crippen LogP contribution in [-0.4, -0.2) is 13.1 Å². The highest BCUT2D eigenvalue weighted by Crippen LogP contribution is 2.43. The van der Waals surface area contributed by atoms with Crippen molar-refractivity contribution in [3.8, 4) is 0 Å². The zero-order valence-corrected chi connectivity index (χ0v) is 13.1. The van der Waals surface area contributed by atoms with Crippen LogP contribution in [0, 0.1) is 0 Å². The second-order valence-electron chi connectivity index (χ2n) is 6.13. The van der Waals surface area contributed by atoms with E-state index >= 15 is 0 Å². The first-order chi connectivity index (χ1) is 10.2. The number of allylic oxidation sites excluding steroid dienone is 2. The summed E-state index contributed by atoms with van der Waals surface area (Å²) in [6, 6.07) is 22.6. The highest BCUT2D eigenvalue weighted by Gasteiger charge is 2.51. The third-order valence-corrected chi connectivity index (χ3v) is 5.06. The summed E-state index contributed by atoms with van der Waals surface area (Å²) in [5.41, 5.74) is 4.33. The topological polar surface area (TPSA) is 4.44 Å². The molecule has 1 unspecified atom stereocenters. The molecule has 2 aromatic rings. The van der Waals surface area contributed by atoms with Crippen LogP contribution in [0.2, 0.25) is 0 Å². The lowest BCUT2D eigenvalue weighted by Crippen LogP contribution is -3.09. The molecule has 0 spiro atoms. The Morgan fingerprint density at radius 3 is 1.86 bits per heavy atom. The van der Waals surface area contributed by atoms with Crippen molar-refractivity contribution in [2.45, 2.75) is 31.7 Å². The van der Waals surface area contributed by atoms with Gasteiger partial charge in [-0.2, -0.15) is 0 Å². The molecule has 108 valence electrons. The molecule has 0 aliphatic carbocycles. The van der Waals surface area contributed by atoms with Crippen molar-refractivity contribution in [3.05, 3.63) is 83.6 Å². The number of likely N-dealkylation sites (N-methyl/N-ethyl adjacent to an activating group) is 1. The Kier molecular flexibility index (Phi) is 3.69. The van der Waals surface area contributed by atoms with Crippen LogP contribution in [0.3, 0.4) is 0 Å². The van der Waals surface area contributed by atoms with Crippen LogP contribution in [0.5, 0.6) is 0 Å². The van der Waals surface area contributed by atoms with Gasteiger partial charge in [-0.15, -0.1) is 0 Å². The first-order valence-electron chi connectivity index (χ1n) is 7.82. The van der Waals surface area contributed by atoms with Gasteiger partial charge in [-0.05, 0) is 31.1 Å². The molecule has 1 aliphatic rings. The Balaban J connectivity index is 2.27. The Morgan fingerprint density at radius 1 is 0.952 bits per heavy atom. The van der Waals surface area contributed by atoms with Gasteiger partial charge in [-0.3, -0.25) is 0 Å². The molecule has 1 heteroatoms. The predicted molar refractivity (Wildman–Crippen MR) is 88.4 cm³/mol. The van der Waals surface area contributed by atoms with Crippen molar-refractivity contribution in [3.63, 3.8) is 0 Å². The molecule has 0 amide bonds. The van der Waals surface area contributed by atoms with E-state index in [1.165, 1.54) is 21.7 Å². The van der Waals surface area contributed by atoms with Crippen LogP contribution >= 0.6 is 0 Å². The lowest BCUT2D eigenvalue weighted by Gasteiger charge is -2.29. The molecule has 1 nitrogen and oxygen atoms in total. The Morgan fingerprint density at radius 2 is 1.43 bits per heavy atom. The van der Waals surface area contributed by atoms with E-state index < -0.39 is 0 Å². The number of likely N-dealkylation sites (tertiary alicyclic amines) is 1. The van der Waals surface area contributed by atoms with E-state index in [1.807, 2.05) is 0 Å². The maximum absolute atomic E-state index is 2.35. The monoisotopic (exact) mass is 278 g/mol. The van der Waals surface area contributed by atoms with Gasteiger partial charge in [-0.25, -0.2) is 0 Å². The van der Waals surface area contributed by atoms with Crippen molar-refractivity contribution in [1.29, 1.82) is 0 Å². The summed E-state index contributed by atoms with van der Waals surface area (Å²) in [6.07, 6.45) is 3.48. The molecule has 1 saturated heterocycles. The molecule has 1 aliphatic heterocycles. The van der Waals surface area contributed by atoms with Crippen LogP contribution in [-0.2, 0) is 5.41 Å². The Bertz CT molecular complexity index is 588. The van der Waals surface area contributed by atoms with E-state index in [2.05, 4.69) is 87.6 Å². The number of hydrogen-bond donors (Lipinski definition) is 1. The second-order valence-corrected chi connectivity index (χ2v) is 6.13. The molecule has 3 rings (SSSR count). The third-order valence-electron chi connectivity index (χ3n) is 5.06. The van der Waals surface area contributed by atoms with E-state index in [0.717, 1.165) is 6.42 Å². The van der Waals surface area contributed by atoms with Gasteiger partial charge in [0.15, 0.2) is 0 Å². The van der Waals surface area contributed by atoms with Gasteiger partial charge >= 0.3 is 0 Å². The Hall–Kier alpha value is -1.86. The van der Waals surface area contributed by atoms with E-state index in [0.29, 0.717) is 6.04 Å². The summed E-state index contributed by atoms with van der Waals surface area (Å²) >= 11 is 0. The van der Waals surface area contributed by atoms with Crippen molar-refractivity contribution >= 4 is 0 Å². The average Bonchev–Trinajstić information content (AvgIpc) is 2.81. The van der Waals surface area contributed by atoms with Crippen molar-refractivity contribution in [2.24, 2.45) is 0 Å². The maximum Gasteiger partial charge on any atom is 0.118 e. The molecule has 0 bridgehead atoms. The number of quaternary nitrogens is 1. The highest BCUT2D eigenvalue weighted by molar-refractivity contribution is 5.47. The second kappa shape index (κ2) is 5.50. The van der Waals surface area contributed by atoms with Crippen LogP contribution in [0.4, 0.5) is 0 Å². The zero-order valence-electron chi connectivity index (χ0n) is 13.1. The van der Waals surface area contributed by atoms with Crippen molar-refractivity contribution in [2.75, 3.05) is 7.05 Å². The van der Waals surface area contributed by atoms with Gasteiger partial charge in [0.25, 0.3) is 0 Å². The summed E-state index contributed by atoms with van der Waals surface area (Å²) < 4.78 is 0. The molecular formula is C20H24N+. The molecule has 1 fully saturated rings. The Labute approximate surface area is 127 Å². The van der Waals surface area contributed by atoms with Crippen LogP contribution < -0.4 is 4.90 Å². The molecular weight excluding hydrogens is 254 g/mol. The smallest absolute Gasteiger partial charge is 0.118 e. The first kappa shape index (κ1) is 14.1. The molecule has 2 atom stereocenters. The number of hydrogen-bond acceptors (Lipinski definition) is 0. The van der Waals surface area contributed by atoms with Crippen molar-refractivity contribution < 1.29 is 4.90 Å². The normalized spacial score (nSPS) is 26.1. The molecule has 2 aromatic carbocycles. The number of benzene rings is 2. The summed E-state index contributed by atoms with van der Waals surface area (Å²) in [6.45, 7) is 4.53. The summed E-state index contributed by atoms with van der Waals surface area (Å²) in [5, 5.41) is 0. The van der Waals surface area contributed by atoms with E-state index in [4.69, 9.17) is 0 Å². The van der Waals surface area contributed by atoms with Crippen LogP contribution in [0.25, 0.3) is 0 Å². The predicted octanol–water partition coefficient (Wildman–Crippen LogP) is 3.18. The largest absolute Gasteiger partial charge is 0.305 e. The van der Waals surface area contributed by atoms with Gasteiger partial charge in [-0.1, -0.05) is 60.7 Å². The van der Waals surface area contributed by atoms with Gasteiger partial charge in [0.05, 0.1) is 18.5 Å². The highest BCUT2D eigenvalue weighted by atomic mass is 15.2. The van der Waals surface area contributed by atoms with Gasteiger partial charge in [0.2, 0.25) is 0 Å². The van der Waals surface area contributed by atoms with E-state index in [-0.39, 0.29) is 5.41 Å². The SMILES string of the molecule is C/C=C1/[NH+](C)[C@@H](C)CC1(c1ccccc1)c1ccccc1. The minimum Gasteiger partial charge on any atom is -0.305 e. The average molecular weight is 278 g/mol. The quantitative estimate of drug-likeness (QED) is 0.860. The minimum atomic E-state index is 0.0147. The lowest BCUT2D eigenvalue weighted by molar-refractivity contribution is -0.854. The maximum atomic E-state index is 2.35.